The van der Waals surface area contributed by atoms with Gasteiger partial charge in [0.25, 0.3) is 0 Å². The van der Waals surface area contributed by atoms with E-state index in [0.717, 1.165) is 42.9 Å². The summed E-state index contributed by atoms with van der Waals surface area (Å²) in [5.41, 5.74) is 10.4. The molecule has 0 spiro atoms. The van der Waals surface area contributed by atoms with Crippen molar-refractivity contribution in [3.05, 3.63) is 51.7 Å². The average molecular weight is 410 g/mol. The van der Waals surface area contributed by atoms with Gasteiger partial charge in [-0.1, -0.05) is 6.07 Å². The molecule has 28 heavy (non-hydrogen) atoms. The van der Waals surface area contributed by atoms with Crippen LogP contribution in [0.5, 0.6) is 0 Å². The number of carbonyl (C=O) groups is 1. The normalized spacial score (nSPS) is 14.8. The molecule has 0 radical (unpaired) electrons. The van der Waals surface area contributed by atoms with Crippen LogP contribution in [0.4, 0.5) is 18.9 Å². The van der Waals surface area contributed by atoms with E-state index in [1.807, 2.05) is 28.5 Å². The number of nitriles is 1. The van der Waals surface area contributed by atoms with E-state index >= 15 is 0 Å². The predicted molar refractivity (Wildman–Crippen MR) is 103 cm³/mol. The smallest absolute Gasteiger partial charge is 0.370 e. The van der Waals surface area contributed by atoms with Crippen LogP contribution in [0.3, 0.4) is 0 Å². The molecule has 3 rings (SSSR count). The van der Waals surface area contributed by atoms with Crippen molar-refractivity contribution in [2.75, 3.05) is 18.0 Å². The molecule has 1 amide bonds. The molecule has 2 aromatic rings. The van der Waals surface area contributed by atoms with E-state index in [1.165, 1.54) is 6.07 Å². The molecule has 5 nitrogen and oxygen atoms in total. The fourth-order valence-electron chi connectivity index (χ4n) is 2.77. The Kier molecular flexibility index (Phi) is 7.43. The lowest BCUT2D eigenvalue weighted by Crippen LogP contribution is -2.37. The van der Waals surface area contributed by atoms with E-state index in [4.69, 9.17) is 16.7 Å². The molecule has 4 N–H and O–H groups in total. The van der Waals surface area contributed by atoms with Crippen LogP contribution in [0.25, 0.3) is 0 Å². The Morgan fingerprint density at radius 2 is 1.96 bits per heavy atom. The van der Waals surface area contributed by atoms with Gasteiger partial charge >= 0.3 is 6.18 Å². The molecule has 150 valence electrons. The fourth-order valence-corrected chi connectivity index (χ4v) is 3.53. The predicted octanol–water partition coefficient (Wildman–Crippen LogP) is 3.28. The summed E-state index contributed by atoms with van der Waals surface area (Å²) in [5.74, 6) is -0.446. The van der Waals surface area contributed by atoms with E-state index < -0.39 is 23.7 Å². The first-order chi connectivity index (χ1) is 13.2. The molecule has 1 aromatic heterocycles. The lowest BCUT2D eigenvalue weighted by molar-refractivity contribution is -0.137. The van der Waals surface area contributed by atoms with Crippen molar-refractivity contribution in [2.45, 2.75) is 31.5 Å². The molecule has 1 atom stereocenters. The van der Waals surface area contributed by atoms with Gasteiger partial charge in [-0.05, 0) is 42.5 Å². The highest BCUT2D eigenvalue weighted by atomic mass is 32.1. The molecule has 1 aromatic carbocycles. The van der Waals surface area contributed by atoms with Crippen LogP contribution in [0.15, 0.2) is 35.7 Å². The minimum Gasteiger partial charge on any atom is -0.370 e. The first-order valence-electron chi connectivity index (χ1n) is 8.66. The zero-order valence-electron chi connectivity index (χ0n) is 15.1. The zero-order valence-corrected chi connectivity index (χ0v) is 15.9. The van der Waals surface area contributed by atoms with Gasteiger partial charge in [0.05, 0.1) is 22.9 Å². The number of rotatable bonds is 4. The van der Waals surface area contributed by atoms with E-state index in [-0.39, 0.29) is 0 Å². The van der Waals surface area contributed by atoms with Crippen LogP contribution in [0.1, 0.15) is 28.8 Å². The topological polar surface area (TPSA) is 96.1 Å². The third kappa shape index (κ3) is 5.97. The molecule has 0 saturated carbocycles. The zero-order chi connectivity index (χ0) is 20.7. The maximum absolute atomic E-state index is 12.6. The number of anilines is 1. The maximum Gasteiger partial charge on any atom is 0.416 e. The molecule has 1 fully saturated rings. The summed E-state index contributed by atoms with van der Waals surface area (Å²) < 4.78 is 37.8. The number of thiophene rings is 1. The second-order valence-corrected chi connectivity index (χ2v) is 7.36. The van der Waals surface area contributed by atoms with Crippen molar-refractivity contribution in [3.8, 4) is 6.07 Å². The van der Waals surface area contributed by atoms with Crippen LogP contribution in [-0.4, -0.2) is 25.0 Å². The summed E-state index contributed by atoms with van der Waals surface area (Å²) in [6.45, 7) is 1.44. The van der Waals surface area contributed by atoms with Crippen molar-refractivity contribution in [3.63, 3.8) is 0 Å². The number of hydrogen-bond acceptors (Lipinski definition) is 5. The molecule has 1 aliphatic heterocycles. The van der Waals surface area contributed by atoms with Crippen molar-refractivity contribution < 1.29 is 18.0 Å². The molecule has 0 aliphatic carbocycles. The number of primary amides is 1. The number of nitrogens with zero attached hydrogens (tertiary/aromatic N) is 2. The minimum atomic E-state index is -4.36. The first kappa shape index (κ1) is 21.7. The largest absolute Gasteiger partial charge is 0.416 e. The molecular formula is C19H21F3N4OS. The second-order valence-electron chi connectivity index (χ2n) is 6.33. The van der Waals surface area contributed by atoms with Gasteiger partial charge < -0.3 is 16.4 Å². The lowest BCUT2D eigenvalue weighted by atomic mass is 10.1. The molecule has 1 aliphatic rings. The van der Waals surface area contributed by atoms with E-state index in [9.17, 15) is 18.0 Å². The van der Waals surface area contributed by atoms with E-state index in [0.29, 0.717) is 17.7 Å². The van der Waals surface area contributed by atoms with Crippen molar-refractivity contribution in [2.24, 2.45) is 11.5 Å². The summed E-state index contributed by atoms with van der Waals surface area (Å²) in [6.07, 6.45) is -1.89. The quantitative estimate of drug-likeness (QED) is 0.808. The second kappa shape index (κ2) is 9.57. The Balaban J connectivity index is 0.000000221. The van der Waals surface area contributed by atoms with Gasteiger partial charge in [-0.3, -0.25) is 4.79 Å². The third-order valence-corrected chi connectivity index (χ3v) is 5.16. The van der Waals surface area contributed by atoms with Gasteiger partial charge in [-0.25, -0.2) is 0 Å². The first-order valence-corrected chi connectivity index (χ1v) is 9.54. The van der Waals surface area contributed by atoms with Crippen molar-refractivity contribution in [1.82, 2.24) is 0 Å². The summed E-state index contributed by atoms with van der Waals surface area (Å²) in [4.78, 5) is 13.5. The molecule has 2 heterocycles. The summed E-state index contributed by atoms with van der Waals surface area (Å²) in [6, 6.07) is 8.53. The van der Waals surface area contributed by atoms with Gasteiger partial charge in [0.15, 0.2) is 0 Å². The van der Waals surface area contributed by atoms with Gasteiger partial charge in [-0.2, -0.15) is 18.4 Å². The highest BCUT2D eigenvalue weighted by molar-refractivity contribution is 7.09. The van der Waals surface area contributed by atoms with Crippen LogP contribution in [0, 0.1) is 11.3 Å². The lowest BCUT2D eigenvalue weighted by Gasteiger charge is -2.20. The molecule has 0 unspecified atom stereocenters. The van der Waals surface area contributed by atoms with Crippen molar-refractivity contribution in [1.29, 1.82) is 5.26 Å². The van der Waals surface area contributed by atoms with Crippen LogP contribution in [-0.2, 0) is 17.4 Å². The van der Waals surface area contributed by atoms with Crippen LogP contribution in [0.2, 0.25) is 0 Å². The molecule has 1 saturated heterocycles. The Hall–Kier alpha value is -2.57. The molecular weight excluding hydrogens is 389 g/mol. The third-order valence-electron chi connectivity index (χ3n) is 4.26. The average Bonchev–Trinajstić information content (AvgIpc) is 3.34. The monoisotopic (exact) mass is 410 g/mol. The number of halogens is 3. The SMILES string of the molecule is N#Cc1ccc(C(F)(F)F)cc1N1CCCC1.NC(=O)[C@@H](N)Cc1cccs1. The Morgan fingerprint density at radius 3 is 2.46 bits per heavy atom. The number of nitrogens with two attached hydrogens (primary N) is 2. The highest BCUT2D eigenvalue weighted by Gasteiger charge is 2.31. The van der Waals surface area contributed by atoms with E-state index in [2.05, 4.69) is 0 Å². The number of carbonyl (C=O) groups excluding carboxylic acids is 1. The molecule has 9 heteroatoms. The fraction of sp³-hybridized carbons (Fsp3) is 0.368. The minimum absolute atomic E-state index is 0.305. The number of amides is 1. The Morgan fingerprint density at radius 1 is 1.29 bits per heavy atom. The summed E-state index contributed by atoms with van der Waals surface area (Å²) >= 11 is 1.58. The number of hydrogen-bond donors (Lipinski definition) is 2. The Bertz CT molecular complexity index is 825. The standard InChI is InChI=1S/C12H11F3N2.C7H10N2OS/c13-12(14,15)10-4-3-9(8-16)11(7-10)17-5-1-2-6-17;8-6(7(9)10)4-5-2-1-3-11-5/h3-4,7H,1-2,5-6H2;1-3,6H,4,8H2,(H2,9,10)/t;6-/m.0/s1. The Labute approximate surface area is 165 Å². The van der Waals surface area contributed by atoms with Gasteiger partial charge in [0, 0.05) is 24.4 Å². The summed E-state index contributed by atoms with van der Waals surface area (Å²) in [7, 11) is 0. The van der Waals surface area contributed by atoms with Gasteiger partial charge in [-0.15, -0.1) is 11.3 Å². The number of benzene rings is 1. The molecule has 0 bridgehead atoms. The summed E-state index contributed by atoms with van der Waals surface area (Å²) in [5, 5.41) is 10.9. The van der Waals surface area contributed by atoms with Crippen LogP contribution >= 0.6 is 11.3 Å². The van der Waals surface area contributed by atoms with E-state index in [1.54, 1.807) is 11.3 Å². The van der Waals surface area contributed by atoms with Gasteiger partial charge in [0.2, 0.25) is 5.91 Å². The number of alkyl halides is 3. The maximum atomic E-state index is 12.6. The highest BCUT2D eigenvalue weighted by Crippen LogP contribution is 2.34. The van der Waals surface area contributed by atoms with Crippen molar-refractivity contribution >= 4 is 22.9 Å². The van der Waals surface area contributed by atoms with Crippen LogP contribution < -0.4 is 16.4 Å². The van der Waals surface area contributed by atoms with Gasteiger partial charge in [0.1, 0.15) is 6.07 Å².